The maximum atomic E-state index is 11.8. The van der Waals surface area contributed by atoms with Gasteiger partial charge in [0.15, 0.2) is 5.78 Å². The van der Waals surface area contributed by atoms with Crippen LogP contribution in [0.4, 0.5) is 0 Å². The fourth-order valence-electron chi connectivity index (χ4n) is 1.59. The first-order valence-corrected chi connectivity index (χ1v) is 6.50. The Morgan fingerprint density at radius 1 is 1.11 bits per heavy atom. The number of ether oxygens (including phenoxy) is 2. The summed E-state index contributed by atoms with van der Waals surface area (Å²) in [5.41, 5.74) is 1.73. The van der Waals surface area contributed by atoms with E-state index >= 15 is 0 Å². The monoisotopic (exact) mass is 250 g/mol. The molecule has 0 unspecified atom stereocenters. The minimum atomic E-state index is 0.0293. The topological polar surface area (TPSA) is 35.5 Å². The summed E-state index contributed by atoms with van der Waals surface area (Å²) in [6.45, 7) is 5.98. The summed E-state index contributed by atoms with van der Waals surface area (Å²) < 4.78 is 10.7. The van der Waals surface area contributed by atoms with Crippen LogP contribution in [0.2, 0.25) is 0 Å². The summed E-state index contributed by atoms with van der Waals surface area (Å²) in [4.78, 5) is 11.8. The van der Waals surface area contributed by atoms with Crippen molar-refractivity contribution in [1.82, 2.24) is 0 Å². The molecule has 0 saturated carbocycles. The van der Waals surface area contributed by atoms with Crippen molar-refractivity contribution in [3.8, 4) is 0 Å². The van der Waals surface area contributed by atoms with E-state index in [1.54, 1.807) is 0 Å². The standard InChI is InChI=1S/C15H22O3/c1-3-4-9-17-10-11-18-12-15(16)14-8-6-5-7-13(14)2/h5-8H,3-4,9-12H2,1-2H3. The van der Waals surface area contributed by atoms with Crippen molar-refractivity contribution < 1.29 is 14.3 Å². The van der Waals surface area contributed by atoms with Gasteiger partial charge in [-0.25, -0.2) is 0 Å². The van der Waals surface area contributed by atoms with Crippen molar-refractivity contribution in [3.05, 3.63) is 35.4 Å². The van der Waals surface area contributed by atoms with Gasteiger partial charge in [0.2, 0.25) is 0 Å². The predicted molar refractivity (Wildman–Crippen MR) is 72.1 cm³/mol. The molecule has 0 aromatic heterocycles. The highest BCUT2D eigenvalue weighted by Crippen LogP contribution is 2.07. The highest BCUT2D eigenvalue weighted by Gasteiger charge is 2.07. The van der Waals surface area contributed by atoms with E-state index in [2.05, 4.69) is 6.92 Å². The van der Waals surface area contributed by atoms with Gasteiger partial charge in [-0.15, -0.1) is 0 Å². The Morgan fingerprint density at radius 2 is 1.83 bits per heavy atom. The molecule has 3 heteroatoms. The Morgan fingerprint density at radius 3 is 2.56 bits per heavy atom. The molecule has 0 saturated heterocycles. The second-order valence-electron chi connectivity index (χ2n) is 4.26. The van der Waals surface area contributed by atoms with E-state index in [9.17, 15) is 4.79 Å². The van der Waals surface area contributed by atoms with E-state index in [1.165, 1.54) is 0 Å². The van der Waals surface area contributed by atoms with Crippen molar-refractivity contribution >= 4 is 5.78 Å². The molecule has 1 aromatic rings. The van der Waals surface area contributed by atoms with Crippen LogP contribution in [-0.4, -0.2) is 32.2 Å². The third-order valence-corrected chi connectivity index (χ3v) is 2.69. The number of aryl methyl sites for hydroxylation is 1. The predicted octanol–water partition coefficient (Wildman–Crippen LogP) is 3.01. The number of Topliss-reactive ketones (excluding diaryl/α,β-unsaturated/α-hetero) is 1. The fraction of sp³-hybridized carbons (Fsp3) is 0.533. The van der Waals surface area contributed by atoms with Gasteiger partial charge in [-0.05, 0) is 18.9 Å². The van der Waals surface area contributed by atoms with Crippen molar-refractivity contribution in [2.75, 3.05) is 26.4 Å². The molecular formula is C15H22O3. The molecule has 100 valence electrons. The lowest BCUT2D eigenvalue weighted by Crippen LogP contribution is -2.13. The van der Waals surface area contributed by atoms with E-state index in [1.807, 2.05) is 31.2 Å². The van der Waals surface area contributed by atoms with Crippen LogP contribution >= 0.6 is 0 Å². The minimum Gasteiger partial charge on any atom is -0.379 e. The zero-order chi connectivity index (χ0) is 13.2. The van der Waals surface area contributed by atoms with Gasteiger partial charge in [0.1, 0.15) is 6.61 Å². The molecule has 0 radical (unpaired) electrons. The summed E-state index contributed by atoms with van der Waals surface area (Å²) >= 11 is 0. The van der Waals surface area contributed by atoms with Crippen LogP contribution in [-0.2, 0) is 9.47 Å². The molecule has 1 rings (SSSR count). The van der Waals surface area contributed by atoms with E-state index in [0.29, 0.717) is 13.2 Å². The number of hydrogen-bond acceptors (Lipinski definition) is 3. The summed E-state index contributed by atoms with van der Waals surface area (Å²) in [5.74, 6) is 0.0293. The van der Waals surface area contributed by atoms with Crippen LogP contribution in [0.3, 0.4) is 0 Å². The molecule has 1 aromatic carbocycles. The normalized spacial score (nSPS) is 10.6. The summed E-state index contributed by atoms with van der Waals surface area (Å²) in [6, 6.07) is 7.56. The largest absolute Gasteiger partial charge is 0.379 e. The number of benzene rings is 1. The van der Waals surface area contributed by atoms with Gasteiger partial charge < -0.3 is 9.47 Å². The highest BCUT2D eigenvalue weighted by molar-refractivity contribution is 5.98. The third kappa shape index (κ3) is 5.43. The van der Waals surface area contributed by atoms with Gasteiger partial charge in [0, 0.05) is 12.2 Å². The molecule has 0 fully saturated rings. The lowest BCUT2D eigenvalue weighted by Gasteiger charge is -2.06. The number of carbonyl (C=O) groups excluding carboxylic acids is 1. The molecule has 0 aliphatic heterocycles. The third-order valence-electron chi connectivity index (χ3n) is 2.69. The summed E-state index contributed by atoms with van der Waals surface area (Å²) in [7, 11) is 0. The molecule has 0 bridgehead atoms. The average molecular weight is 250 g/mol. The Balaban J connectivity index is 2.16. The van der Waals surface area contributed by atoms with Crippen LogP contribution in [0.5, 0.6) is 0 Å². The summed E-state index contributed by atoms with van der Waals surface area (Å²) in [5, 5.41) is 0. The molecule has 18 heavy (non-hydrogen) atoms. The first-order chi connectivity index (χ1) is 8.75. The fourth-order valence-corrected chi connectivity index (χ4v) is 1.59. The van der Waals surface area contributed by atoms with Crippen LogP contribution < -0.4 is 0 Å². The van der Waals surface area contributed by atoms with Gasteiger partial charge in [-0.3, -0.25) is 4.79 Å². The number of ketones is 1. The zero-order valence-electron chi connectivity index (χ0n) is 11.3. The first-order valence-electron chi connectivity index (χ1n) is 6.50. The van der Waals surface area contributed by atoms with Crippen molar-refractivity contribution in [2.45, 2.75) is 26.7 Å². The van der Waals surface area contributed by atoms with Crippen LogP contribution in [0.25, 0.3) is 0 Å². The van der Waals surface area contributed by atoms with Crippen LogP contribution in [0, 0.1) is 6.92 Å². The molecule has 0 amide bonds. The maximum Gasteiger partial charge on any atom is 0.188 e. The second kappa shape index (κ2) is 8.84. The summed E-state index contributed by atoms with van der Waals surface area (Å²) in [6.07, 6.45) is 2.20. The quantitative estimate of drug-likeness (QED) is 0.499. The van der Waals surface area contributed by atoms with Crippen molar-refractivity contribution in [3.63, 3.8) is 0 Å². The van der Waals surface area contributed by atoms with Crippen molar-refractivity contribution in [1.29, 1.82) is 0 Å². The van der Waals surface area contributed by atoms with Crippen LogP contribution in [0.1, 0.15) is 35.7 Å². The minimum absolute atomic E-state index is 0.0293. The Kier molecular flexibility index (Phi) is 7.30. The lowest BCUT2D eigenvalue weighted by molar-refractivity contribution is 0.0432. The molecular weight excluding hydrogens is 228 g/mol. The van der Waals surface area contributed by atoms with Gasteiger partial charge in [0.05, 0.1) is 13.2 Å². The van der Waals surface area contributed by atoms with E-state index < -0.39 is 0 Å². The Hall–Kier alpha value is -1.19. The SMILES string of the molecule is CCCCOCCOCC(=O)c1ccccc1C. The maximum absolute atomic E-state index is 11.8. The highest BCUT2D eigenvalue weighted by atomic mass is 16.5. The number of unbranched alkanes of at least 4 members (excludes halogenated alkanes) is 1. The number of carbonyl (C=O) groups is 1. The Bertz CT molecular complexity index is 361. The van der Waals surface area contributed by atoms with Crippen LogP contribution in [0.15, 0.2) is 24.3 Å². The molecule has 0 atom stereocenters. The van der Waals surface area contributed by atoms with Gasteiger partial charge in [-0.2, -0.15) is 0 Å². The van der Waals surface area contributed by atoms with Gasteiger partial charge in [0.25, 0.3) is 0 Å². The lowest BCUT2D eigenvalue weighted by atomic mass is 10.1. The average Bonchev–Trinajstić information content (AvgIpc) is 2.38. The second-order valence-corrected chi connectivity index (χ2v) is 4.26. The molecule has 0 heterocycles. The first kappa shape index (κ1) is 14.9. The molecule has 0 aliphatic carbocycles. The Labute approximate surface area is 109 Å². The van der Waals surface area contributed by atoms with E-state index in [-0.39, 0.29) is 12.4 Å². The number of rotatable bonds is 9. The van der Waals surface area contributed by atoms with Crippen molar-refractivity contribution in [2.24, 2.45) is 0 Å². The molecule has 3 nitrogen and oxygen atoms in total. The van der Waals surface area contributed by atoms with Gasteiger partial charge in [-0.1, -0.05) is 37.6 Å². The smallest absolute Gasteiger partial charge is 0.188 e. The molecule has 0 aliphatic rings. The molecule has 0 N–H and O–H groups in total. The number of hydrogen-bond donors (Lipinski definition) is 0. The molecule has 0 spiro atoms. The van der Waals surface area contributed by atoms with E-state index in [0.717, 1.165) is 30.6 Å². The zero-order valence-corrected chi connectivity index (χ0v) is 11.3. The van der Waals surface area contributed by atoms with E-state index in [4.69, 9.17) is 9.47 Å². The van der Waals surface area contributed by atoms with Gasteiger partial charge >= 0.3 is 0 Å².